The fourth-order valence-corrected chi connectivity index (χ4v) is 4.32. The Morgan fingerprint density at radius 2 is 2.07 bits per heavy atom. The molecule has 1 aromatic rings. The van der Waals surface area contributed by atoms with E-state index >= 15 is 0 Å². The van der Waals surface area contributed by atoms with Gasteiger partial charge >= 0.3 is 0 Å². The van der Waals surface area contributed by atoms with E-state index in [2.05, 4.69) is 0 Å². The van der Waals surface area contributed by atoms with E-state index in [9.17, 15) is 4.79 Å². The molecule has 6 nitrogen and oxygen atoms in total. The fraction of sp³-hybridized carbons (Fsp3) is 0.263. The molecular formula is C19H17NO5S2. The molecule has 1 aromatic carbocycles. The minimum absolute atomic E-state index is 0.105. The molecule has 8 heteroatoms. The standard InChI is InChI=1S/C19H17NO5S2/c1-22-13-5-3-11(15(9-13)23-2)7-17-18(21)20(19(26)27-17)12-4-6-14-16(8-12)25-10-24-14/h3-9,14,16H,10H2,1-2H3/b17-7-. The number of amides is 1. The summed E-state index contributed by atoms with van der Waals surface area (Å²) in [6.45, 7) is 0.249. The van der Waals surface area contributed by atoms with Gasteiger partial charge in [0, 0.05) is 17.3 Å². The largest absolute Gasteiger partial charge is 0.497 e. The minimum atomic E-state index is -0.194. The van der Waals surface area contributed by atoms with E-state index in [4.69, 9.17) is 31.2 Å². The molecule has 1 aliphatic carbocycles. The summed E-state index contributed by atoms with van der Waals surface area (Å²) in [7, 11) is 3.17. The van der Waals surface area contributed by atoms with Crippen LogP contribution in [0.5, 0.6) is 11.5 Å². The lowest BCUT2D eigenvalue weighted by atomic mass is 10.1. The molecule has 1 amide bonds. The van der Waals surface area contributed by atoms with E-state index < -0.39 is 0 Å². The van der Waals surface area contributed by atoms with Crippen LogP contribution in [0.2, 0.25) is 0 Å². The number of hydrogen-bond acceptors (Lipinski definition) is 7. The normalized spacial score (nSPS) is 25.8. The van der Waals surface area contributed by atoms with E-state index in [1.807, 2.05) is 30.4 Å². The zero-order chi connectivity index (χ0) is 19.0. The number of ether oxygens (including phenoxy) is 4. The first-order valence-electron chi connectivity index (χ1n) is 8.24. The highest BCUT2D eigenvalue weighted by Gasteiger charge is 2.37. The average molecular weight is 403 g/mol. The number of carbonyl (C=O) groups is 1. The van der Waals surface area contributed by atoms with Crippen molar-refractivity contribution in [3.63, 3.8) is 0 Å². The summed E-state index contributed by atoms with van der Waals surface area (Å²) >= 11 is 6.70. The summed E-state index contributed by atoms with van der Waals surface area (Å²) in [5.74, 6) is 1.13. The second-order valence-corrected chi connectivity index (χ2v) is 7.63. The topological polar surface area (TPSA) is 57.2 Å². The molecule has 0 bridgehead atoms. The molecule has 2 saturated heterocycles. The number of allylic oxidation sites excluding steroid dienone is 1. The third-order valence-corrected chi connectivity index (χ3v) is 5.72. The molecule has 0 aromatic heterocycles. The molecule has 0 saturated carbocycles. The number of rotatable bonds is 4. The van der Waals surface area contributed by atoms with Crippen LogP contribution >= 0.6 is 24.0 Å². The minimum Gasteiger partial charge on any atom is -0.497 e. The van der Waals surface area contributed by atoms with Gasteiger partial charge in [-0.3, -0.25) is 9.69 Å². The van der Waals surface area contributed by atoms with Gasteiger partial charge in [0.15, 0.2) is 4.32 Å². The van der Waals surface area contributed by atoms with Crippen molar-refractivity contribution in [1.29, 1.82) is 0 Å². The van der Waals surface area contributed by atoms with E-state index in [-0.39, 0.29) is 24.9 Å². The summed E-state index contributed by atoms with van der Waals surface area (Å²) in [6, 6.07) is 5.44. The van der Waals surface area contributed by atoms with Crippen LogP contribution in [0.3, 0.4) is 0 Å². The van der Waals surface area contributed by atoms with Crippen molar-refractivity contribution in [2.24, 2.45) is 0 Å². The highest BCUT2D eigenvalue weighted by Crippen LogP contribution is 2.38. The molecule has 27 heavy (non-hydrogen) atoms. The highest BCUT2D eigenvalue weighted by molar-refractivity contribution is 8.26. The molecule has 2 atom stereocenters. The Labute approximate surface area is 166 Å². The second kappa shape index (κ2) is 7.47. The summed E-state index contributed by atoms with van der Waals surface area (Å²) in [6.07, 6.45) is 7.09. The van der Waals surface area contributed by atoms with Gasteiger partial charge in [0.05, 0.1) is 19.1 Å². The zero-order valence-electron chi connectivity index (χ0n) is 14.7. The molecule has 2 unspecified atom stereocenters. The van der Waals surface area contributed by atoms with Gasteiger partial charge in [0.25, 0.3) is 5.91 Å². The van der Waals surface area contributed by atoms with Gasteiger partial charge < -0.3 is 18.9 Å². The van der Waals surface area contributed by atoms with E-state index in [1.54, 1.807) is 26.4 Å². The number of benzene rings is 1. The van der Waals surface area contributed by atoms with Crippen LogP contribution in [0.1, 0.15) is 5.56 Å². The monoisotopic (exact) mass is 403 g/mol. The van der Waals surface area contributed by atoms with E-state index in [0.29, 0.717) is 26.4 Å². The van der Waals surface area contributed by atoms with E-state index in [1.165, 1.54) is 16.7 Å². The molecule has 2 heterocycles. The lowest BCUT2D eigenvalue weighted by molar-refractivity contribution is -0.120. The lowest BCUT2D eigenvalue weighted by Crippen LogP contribution is -2.31. The van der Waals surface area contributed by atoms with Crippen molar-refractivity contribution in [2.45, 2.75) is 12.2 Å². The molecule has 2 fully saturated rings. The number of methoxy groups -OCH3 is 2. The van der Waals surface area contributed by atoms with Crippen LogP contribution in [0, 0.1) is 0 Å². The Hall–Kier alpha value is -2.13. The van der Waals surface area contributed by atoms with E-state index in [0.717, 1.165) is 5.56 Å². The van der Waals surface area contributed by atoms with Crippen LogP contribution in [-0.2, 0) is 14.3 Å². The Balaban J connectivity index is 1.62. The summed E-state index contributed by atoms with van der Waals surface area (Å²) in [4.78, 5) is 15.0. The van der Waals surface area contributed by atoms with Crippen LogP contribution < -0.4 is 9.47 Å². The third kappa shape index (κ3) is 3.41. The maximum absolute atomic E-state index is 13.0. The van der Waals surface area contributed by atoms with Gasteiger partial charge in [-0.2, -0.15) is 0 Å². The maximum atomic E-state index is 13.0. The molecule has 3 aliphatic rings. The molecule has 0 spiro atoms. The van der Waals surface area contributed by atoms with Gasteiger partial charge in [0.1, 0.15) is 30.5 Å². The average Bonchev–Trinajstić information content (AvgIpc) is 3.25. The van der Waals surface area contributed by atoms with Gasteiger partial charge in [0.2, 0.25) is 0 Å². The molecule has 140 valence electrons. The quantitative estimate of drug-likeness (QED) is 0.566. The molecule has 2 aliphatic heterocycles. The highest BCUT2D eigenvalue weighted by atomic mass is 32.2. The number of thioether (sulfide) groups is 1. The van der Waals surface area contributed by atoms with Gasteiger partial charge in [-0.1, -0.05) is 30.1 Å². The number of hydrogen-bond donors (Lipinski definition) is 0. The van der Waals surface area contributed by atoms with Crippen molar-refractivity contribution < 1.29 is 23.7 Å². The van der Waals surface area contributed by atoms with Gasteiger partial charge in [-0.15, -0.1) is 0 Å². The zero-order valence-corrected chi connectivity index (χ0v) is 16.3. The Morgan fingerprint density at radius 1 is 1.26 bits per heavy atom. The number of nitrogens with zero attached hydrogens (tertiary/aromatic N) is 1. The Bertz CT molecular complexity index is 892. The Morgan fingerprint density at radius 3 is 2.85 bits per heavy atom. The number of thiocarbonyl (C=S) groups is 1. The van der Waals surface area contributed by atoms with Crippen LogP contribution in [-0.4, -0.2) is 48.3 Å². The summed E-state index contributed by atoms with van der Waals surface area (Å²) < 4.78 is 22.0. The maximum Gasteiger partial charge on any atom is 0.270 e. The SMILES string of the molecule is COc1ccc(/C=C2\SC(=S)N(C3=CC4OCOC4C=C3)C2=O)c(OC)c1. The van der Waals surface area contributed by atoms with Crippen LogP contribution in [0.25, 0.3) is 6.08 Å². The predicted octanol–water partition coefficient (Wildman–Crippen LogP) is 3.10. The smallest absolute Gasteiger partial charge is 0.270 e. The third-order valence-electron chi connectivity index (χ3n) is 4.42. The van der Waals surface area contributed by atoms with Crippen molar-refractivity contribution in [2.75, 3.05) is 21.0 Å². The molecule has 0 radical (unpaired) electrons. The van der Waals surface area contributed by atoms with Crippen molar-refractivity contribution in [3.05, 3.63) is 52.6 Å². The lowest BCUT2D eigenvalue weighted by Gasteiger charge is -2.22. The number of fused-ring (bicyclic) bond motifs is 1. The van der Waals surface area contributed by atoms with Crippen molar-refractivity contribution in [3.8, 4) is 11.5 Å². The summed E-state index contributed by atoms with van der Waals surface area (Å²) in [5, 5.41) is 0. The summed E-state index contributed by atoms with van der Waals surface area (Å²) in [5.41, 5.74) is 1.48. The first kappa shape index (κ1) is 18.2. The van der Waals surface area contributed by atoms with Crippen LogP contribution in [0.4, 0.5) is 0 Å². The fourth-order valence-electron chi connectivity index (χ4n) is 3.03. The molecule has 0 N–H and O–H groups in total. The molecule has 4 rings (SSSR count). The Kier molecular flexibility index (Phi) is 5.05. The first-order chi connectivity index (χ1) is 13.1. The van der Waals surface area contributed by atoms with Gasteiger partial charge in [-0.05, 0) is 30.4 Å². The first-order valence-corrected chi connectivity index (χ1v) is 9.46. The van der Waals surface area contributed by atoms with Crippen molar-refractivity contribution in [1.82, 2.24) is 4.90 Å². The van der Waals surface area contributed by atoms with Gasteiger partial charge in [-0.25, -0.2) is 0 Å². The second-order valence-electron chi connectivity index (χ2n) is 5.96. The molecular weight excluding hydrogens is 386 g/mol. The number of carbonyl (C=O) groups excluding carboxylic acids is 1. The van der Waals surface area contributed by atoms with Crippen molar-refractivity contribution >= 4 is 40.3 Å². The predicted molar refractivity (Wildman–Crippen MR) is 106 cm³/mol. The van der Waals surface area contributed by atoms with Crippen LogP contribution in [0.15, 0.2) is 47.0 Å².